The van der Waals surface area contributed by atoms with Gasteiger partial charge in [-0.25, -0.2) is 0 Å². The van der Waals surface area contributed by atoms with Crippen molar-refractivity contribution in [3.63, 3.8) is 0 Å². The number of amides is 1. The van der Waals surface area contributed by atoms with Gasteiger partial charge < -0.3 is 14.7 Å². The van der Waals surface area contributed by atoms with Crippen LogP contribution in [0.5, 0.6) is 0 Å². The number of aliphatic hydroxyl groups excluding tert-OH is 1. The molecule has 0 bridgehead atoms. The van der Waals surface area contributed by atoms with Gasteiger partial charge in [-0.1, -0.05) is 30.0 Å². The largest absolute Gasteiger partial charge is 0.388 e. The molecule has 1 amide bonds. The summed E-state index contributed by atoms with van der Waals surface area (Å²) in [7, 11) is 0. The minimum atomic E-state index is -0.631. The fourth-order valence-electron chi connectivity index (χ4n) is 3.30. The number of carbonyl (C=O) groups excluding carboxylic acids is 1. The Morgan fingerprint density at radius 2 is 2.04 bits per heavy atom. The molecule has 27 heavy (non-hydrogen) atoms. The highest BCUT2D eigenvalue weighted by molar-refractivity contribution is 6.00. The fraction of sp³-hybridized carbons (Fsp3) is 0.435. The second-order valence-electron chi connectivity index (χ2n) is 8.00. The van der Waals surface area contributed by atoms with Gasteiger partial charge in [-0.15, -0.1) is 0 Å². The van der Waals surface area contributed by atoms with Gasteiger partial charge in [0.2, 0.25) is 0 Å². The second kappa shape index (κ2) is 7.72. The van der Waals surface area contributed by atoms with Gasteiger partial charge in [-0.3, -0.25) is 4.79 Å². The summed E-state index contributed by atoms with van der Waals surface area (Å²) in [6.45, 7) is 9.36. The van der Waals surface area contributed by atoms with Crippen LogP contribution in [0.2, 0.25) is 0 Å². The maximum Gasteiger partial charge on any atom is 0.254 e. The molecule has 2 aromatic carbocycles. The van der Waals surface area contributed by atoms with E-state index in [1.165, 1.54) is 0 Å². The average molecular weight is 365 g/mol. The van der Waals surface area contributed by atoms with Crippen LogP contribution in [0, 0.1) is 17.3 Å². The molecular weight excluding hydrogens is 338 g/mol. The number of hydrogen-bond acceptors (Lipinski definition) is 3. The number of fused-ring (bicyclic) bond motifs is 1. The summed E-state index contributed by atoms with van der Waals surface area (Å²) in [6, 6.07) is 11.4. The van der Waals surface area contributed by atoms with Crippen molar-refractivity contribution in [1.82, 2.24) is 4.90 Å². The molecule has 2 aromatic rings. The van der Waals surface area contributed by atoms with E-state index in [1.807, 2.05) is 43.3 Å². The highest BCUT2D eigenvalue weighted by Gasteiger charge is 2.34. The van der Waals surface area contributed by atoms with Gasteiger partial charge in [0, 0.05) is 23.1 Å². The van der Waals surface area contributed by atoms with Gasteiger partial charge in [0.15, 0.2) is 0 Å². The van der Waals surface area contributed by atoms with Crippen molar-refractivity contribution in [3.05, 3.63) is 47.5 Å². The molecule has 1 heterocycles. The molecule has 1 saturated heterocycles. The van der Waals surface area contributed by atoms with Gasteiger partial charge in [0.1, 0.15) is 0 Å². The zero-order chi connectivity index (χ0) is 19.6. The Balaban J connectivity index is 1.94. The van der Waals surface area contributed by atoms with Crippen LogP contribution in [0.4, 0.5) is 0 Å². The van der Waals surface area contributed by atoms with E-state index >= 15 is 0 Å². The molecule has 4 heteroatoms. The number of benzene rings is 2. The number of aliphatic hydroxyl groups is 1. The molecule has 1 fully saturated rings. The van der Waals surface area contributed by atoms with Crippen LogP contribution in [0.25, 0.3) is 10.8 Å². The standard InChI is InChI=1S/C23H27NO3/c1-5-24(20-14-27-15-21(20)25)22(26)18-9-10-19-16(11-12-23(2,3)4)7-6-8-17(19)13-18/h6-10,13,20-21,25H,5,14-15H2,1-4H3/t20-,21-/m0/s1. The van der Waals surface area contributed by atoms with Crippen molar-refractivity contribution >= 4 is 16.7 Å². The van der Waals surface area contributed by atoms with Crippen molar-refractivity contribution in [1.29, 1.82) is 0 Å². The van der Waals surface area contributed by atoms with E-state index in [9.17, 15) is 9.90 Å². The lowest BCUT2D eigenvalue weighted by Gasteiger charge is -2.29. The number of hydrogen-bond donors (Lipinski definition) is 1. The molecule has 0 unspecified atom stereocenters. The number of nitrogens with zero attached hydrogens (tertiary/aromatic N) is 1. The van der Waals surface area contributed by atoms with Crippen molar-refractivity contribution < 1.29 is 14.6 Å². The summed E-state index contributed by atoms with van der Waals surface area (Å²) in [6.07, 6.45) is -0.631. The summed E-state index contributed by atoms with van der Waals surface area (Å²) in [4.78, 5) is 14.7. The van der Waals surface area contributed by atoms with Gasteiger partial charge in [0.25, 0.3) is 5.91 Å². The highest BCUT2D eigenvalue weighted by Crippen LogP contribution is 2.23. The Labute approximate surface area is 161 Å². The molecule has 2 atom stereocenters. The van der Waals surface area contributed by atoms with Crippen LogP contribution in [-0.4, -0.2) is 47.8 Å². The van der Waals surface area contributed by atoms with Gasteiger partial charge in [-0.2, -0.15) is 0 Å². The third kappa shape index (κ3) is 4.32. The average Bonchev–Trinajstić information content (AvgIpc) is 3.05. The van der Waals surface area contributed by atoms with Crippen molar-refractivity contribution in [3.8, 4) is 11.8 Å². The van der Waals surface area contributed by atoms with E-state index < -0.39 is 6.10 Å². The highest BCUT2D eigenvalue weighted by atomic mass is 16.5. The zero-order valence-electron chi connectivity index (χ0n) is 16.5. The van der Waals surface area contributed by atoms with Crippen molar-refractivity contribution in [2.75, 3.05) is 19.8 Å². The van der Waals surface area contributed by atoms with E-state index in [1.54, 1.807) is 4.90 Å². The van der Waals surface area contributed by atoms with Crippen molar-refractivity contribution in [2.24, 2.45) is 5.41 Å². The zero-order valence-corrected chi connectivity index (χ0v) is 16.5. The molecule has 0 saturated carbocycles. The van der Waals surface area contributed by atoms with E-state index in [2.05, 4.69) is 32.6 Å². The van der Waals surface area contributed by atoms with Gasteiger partial charge in [0.05, 0.1) is 25.4 Å². The van der Waals surface area contributed by atoms with E-state index in [0.29, 0.717) is 18.7 Å². The Morgan fingerprint density at radius 3 is 2.67 bits per heavy atom. The lowest BCUT2D eigenvalue weighted by Crippen LogP contribution is -2.46. The molecule has 0 spiro atoms. The van der Waals surface area contributed by atoms with Crippen LogP contribution < -0.4 is 0 Å². The van der Waals surface area contributed by atoms with Crippen LogP contribution in [0.3, 0.4) is 0 Å². The van der Waals surface area contributed by atoms with Crippen LogP contribution in [0.1, 0.15) is 43.6 Å². The molecule has 4 nitrogen and oxygen atoms in total. The summed E-state index contributed by atoms with van der Waals surface area (Å²) in [5, 5.41) is 12.1. The van der Waals surface area contributed by atoms with Crippen LogP contribution >= 0.6 is 0 Å². The minimum Gasteiger partial charge on any atom is -0.388 e. The summed E-state index contributed by atoms with van der Waals surface area (Å²) < 4.78 is 5.32. The number of rotatable bonds is 3. The lowest BCUT2D eigenvalue weighted by atomic mass is 9.96. The first kappa shape index (κ1) is 19.4. The van der Waals surface area contributed by atoms with E-state index in [4.69, 9.17) is 4.74 Å². The molecule has 0 radical (unpaired) electrons. The van der Waals surface area contributed by atoms with E-state index in [0.717, 1.165) is 16.3 Å². The van der Waals surface area contributed by atoms with Crippen LogP contribution in [0.15, 0.2) is 36.4 Å². The lowest BCUT2D eigenvalue weighted by molar-refractivity contribution is 0.0521. The summed E-state index contributed by atoms with van der Waals surface area (Å²) >= 11 is 0. The summed E-state index contributed by atoms with van der Waals surface area (Å²) in [5.41, 5.74) is 1.52. The summed E-state index contributed by atoms with van der Waals surface area (Å²) in [5.74, 6) is 6.45. The normalized spacial score (nSPS) is 19.6. The molecule has 1 N–H and O–H groups in total. The maximum absolute atomic E-state index is 13.0. The Kier molecular flexibility index (Phi) is 5.55. The van der Waals surface area contributed by atoms with Crippen molar-refractivity contribution in [2.45, 2.75) is 39.8 Å². The topological polar surface area (TPSA) is 49.8 Å². The number of carbonyl (C=O) groups is 1. The Bertz CT molecular complexity index is 901. The molecule has 1 aliphatic rings. The molecule has 0 aliphatic carbocycles. The second-order valence-corrected chi connectivity index (χ2v) is 8.00. The quantitative estimate of drug-likeness (QED) is 0.848. The number of ether oxygens (including phenoxy) is 1. The Morgan fingerprint density at radius 1 is 1.26 bits per heavy atom. The first-order valence-electron chi connectivity index (χ1n) is 9.43. The third-order valence-corrected chi connectivity index (χ3v) is 4.72. The fourth-order valence-corrected chi connectivity index (χ4v) is 3.30. The molecule has 142 valence electrons. The molecular formula is C23H27NO3. The number of likely N-dealkylation sites (N-methyl/N-ethyl adjacent to an activating group) is 1. The monoisotopic (exact) mass is 365 g/mol. The minimum absolute atomic E-state index is 0.0656. The third-order valence-electron chi connectivity index (χ3n) is 4.72. The predicted octanol–water partition coefficient (Wildman–Crippen LogP) is 3.46. The predicted molar refractivity (Wildman–Crippen MR) is 108 cm³/mol. The molecule has 3 rings (SSSR count). The van der Waals surface area contributed by atoms with Crippen LogP contribution in [-0.2, 0) is 4.74 Å². The Hall–Kier alpha value is -2.35. The SMILES string of the molecule is CCN(C(=O)c1ccc2c(C#CC(C)(C)C)cccc2c1)[C@H]1COC[C@@H]1O. The molecule has 1 aliphatic heterocycles. The smallest absolute Gasteiger partial charge is 0.254 e. The first-order valence-corrected chi connectivity index (χ1v) is 9.43. The van der Waals surface area contributed by atoms with Gasteiger partial charge in [-0.05, 0) is 56.7 Å². The van der Waals surface area contributed by atoms with Gasteiger partial charge >= 0.3 is 0 Å². The molecule has 0 aromatic heterocycles. The maximum atomic E-state index is 13.0. The van der Waals surface area contributed by atoms with E-state index in [-0.39, 0.29) is 24.0 Å². The first-order chi connectivity index (χ1) is 12.8.